The number of halogens is 1. The van der Waals surface area contributed by atoms with Crippen LogP contribution in [0.1, 0.15) is 39.2 Å². The molecule has 0 fully saturated rings. The topological polar surface area (TPSA) is 27.1 Å². The van der Waals surface area contributed by atoms with Crippen LogP contribution in [0.25, 0.3) is 22.4 Å². The van der Waals surface area contributed by atoms with Gasteiger partial charge in [0.1, 0.15) is 11.6 Å². The van der Waals surface area contributed by atoms with Crippen molar-refractivity contribution in [2.45, 2.75) is 45.6 Å². The lowest BCUT2D eigenvalue weighted by Crippen LogP contribution is -2.10. The van der Waals surface area contributed by atoms with Crippen LogP contribution >= 0.6 is 11.6 Å². The minimum atomic E-state index is 0.161. The third-order valence-corrected chi connectivity index (χ3v) is 5.77. The molecular formula is C27H29ClN2O. The molecular weight excluding hydrogens is 404 g/mol. The van der Waals surface area contributed by atoms with Gasteiger partial charge in [-0.05, 0) is 72.4 Å². The summed E-state index contributed by atoms with van der Waals surface area (Å²) in [5.41, 5.74) is 4.74. The van der Waals surface area contributed by atoms with E-state index in [1.807, 2.05) is 30.3 Å². The standard InChI is InChI=1S/C27H29ClN2O/c1-27(2,3)21-12-16-23(17-13-21)31-19-7-6-18-30-25-9-5-4-8-24(25)29-26(30)20-10-14-22(28)15-11-20/h4-5,8-17H,6-7,18-19H2,1-3H3. The Hall–Kier alpha value is -2.78. The molecule has 0 saturated heterocycles. The number of benzene rings is 3. The van der Waals surface area contributed by atoms with Gasteiger partial charge in [-0.3, -0.25) is 0 Å². The van der Waals surface area contributed by atoms with Gasteiger partial charge in [0.25, 0.3) is 0 Å². The van der Waals surface area contributed by atoms with Crippen LogP contribution in [-0.2, 0) is 12.0 Å². The fraction of sp³-hybridized carbons (Fsp3) is 0.296. The summed E-state index contributed by atoms with van der Waals surface area (Å²) in [6.07, 6.45) is 1.99. The van der Waals surface area contributed by atoms with Crippen molar-refractivity contribution in [1.29, 1.82) is 0 Å². The van der Waals surface area contributed by atoms with Gasteiger partial charge in [-0.25, -0.2) is 4.98 Å². The van der Waals surface area contributed by atoms with Crippen LogP contribution in [0.4, 0.5) is 0 Å². The number of aryl methyl sites for hydroxylation is 1. The molecule has 0 spiro atoms. The molecule has 1 aromatic heterocycles. The highest BCUT2D eigenvalue weighted by Gasteiger charge is 2.14. The maximum absolute atomic E-state index is 6.08. The summed E-state index contributed by atoms with van der Waals surface area (Å²) in [4.78, 5) is 4.88. The Morgan fingerprint density at radius 1 is 0.871 bits per heavy atom. The SMILES string of the molecule is CC(C)(C)c1ccc(OCCCCn2c(-c3ccc(Cl)cc3)nc3ccccc32)cc1. The molecule has 4 rings (SSSR count). The lowest BCUT2D eigenvalue weighted by atomic mass is 9.87. The Labute approximate surface area is 189 Å². The van der Waals surface area contributed by atoms with Crippen LogP contribution in [0.3, 0.4) is 0 Å². The smallest absolute Gasteiger partial charge is 0.141 e. The molecule has 1 heterocycles. The van der Waals surface area contributed by atoms with E-state index >= 15 is 0 Å². The minimum absolute atomic E-state index is 0.161. The monoisotopic (exact) mass is 432 g/mol. The third-order valence-electron chi connectivity index (χ3n) is 5.52. The molecule has 0 saturated carbocycles. The Morgan fingerprint density at radius 2 is 1.58 bits per heavy atom. The first-order valence-corrected chi connectivity index (χ1v) is 11.2. The molecule has 0 N–H and O–H groups in total. The first kappa shape index (κ1) is 21.5. The van der Waals surface area contributed by atoms with E-state index in [1.165, 1.54) is 5.56 Å². The Balaban J connectivity index is 1.40. The molecule has 4 aromatic rings. The first-order chi connectivity index (χ1) is 14.9. The lowest BCUT2D eigenvalue weighted by molar-refractivity contribution is 0.303. The van der Waals surface area contributed by atoms with E-state index in [9.17, 15) is 0 Å². The highest BCUT2D eigenvalue weighted by atomic mass is 35.5. The molecule has 0 bridgehead atoms. The molecule has 160 valence electrons. The summed E-state index contributed by atoms with van der Waals surface area (Å²) in [5.74, 6) is 1.92. The van der Waals surface area contributed by atoms with E-state index in [0.717, 1.165) is 52.6 Å². The largest absolute Gasteiger partial charge is 0.494 e. The molecule has 0 atom stereocenters. The van der Waals surface area contributed by atoms with Gasteiger partial charge in [0.05, 0.1) is 17.6 Å². The van der Waals surface area contributed by atoms with E-state index in [2.05, 4.69) is 67.8 Å². The van der Waals surface area contributed by atoms with Crippen LogP contribution < -0.4 is 4.74 Å². The van der Waals surface area contributed by atoms with Crippen LogP contribution in [0.5, 0.6) is 5.75 Å². The Morgan fingerprint density at radius 3 is 2.29 bits per heavy atom. The minimum Gasteiger partial charge on any atom is -0.494 e. The van der Waals surface area contributed by atoms with Crippen LogP contribution in [0, 0.1) is 0 Å². The molecule has 3 aromatic carbocycles. The lowest BCUT2D eigenvalue weighted by Gasteiger charge is -2.19. The number of unbranched alkanes of at least 4 members (excludes halogenated alkanes) is 1. The average molecular weight is 433 g/mol. The zero-order valence-electron chi connectivity index (χ0n) is 18.4. The van der Waals surface area contributed by atoms with E-state index in [1.54, 1.807) is 0 Å². The molecule has 0 radical (unpaired) electrons. The average Bonchev–Trinajstić information content (AvgIpc) is 3.12. The molecule has 31 heavy (non-hydrogen) atoms. The van der Waals surface area contributed by atoms with Gasteiger partial charge < -0.3 is 9.30 Å². The van der Waals surface area contributed by atoms with Gasteiger partial charge in [0.2, 0.25) is 0 Å². The Kier molecular flexibility index (Phi) is 6.33. The number of para-hydroxylation sites is 2. The number of rotatable bonds is 7. The summed E-state index contributed by atoms with van der Waals surface area (Å²) < 4.78 is 8.27. The maximum Gasteiger partial charge on any atom is 0.141 e. The van der Waals surface area contributed by atoms with E-state index in [0.29, 0.717) is 6.61 Å². The van der Waals surface area contributed by atoms with E-state index < -0.39 is 0 Å². The molecule has 4 heteroatoms. The summed E-state index contributed by atoms with van der Waals surface area (Å²) in [6, 6.07) is 24.7. The van der Waals surface area contributed by atoms with Crippen molar-refractivity contribution in [2.24, 2.45) is 0 Å². The van der Waals surface area contributed by atoms with Crippen molar-refractivity contribution in [1.82, 2.24) is 9.55 Å². The predicted molar refractivity (Wildman–Crippen MR) is 130 cm³/mol. The van der Waals surface area contributed by atoms with Crippen molar-refractivity contribution in [3.05, 3.63) is 83.4 Å². The number of hydrogen-bond acceptors (Lipinski definition) is 2. The molecule has 0 aliphatic rings. The predicted octanol–water partition coefficient (Wildman–Crippen LogP) is 7.51. The highest BCUT2D eigenvalue weighted by Crippen LogP contribution is 2.27. The number of fused-ring (bicyclic) bond motifs is 1. The number of nitrogens with zero attached hydrogens (tertiary/aromatic N) is 2. The number of ether oxygens (including phenoxy) is 1. The van der Waals surface area contributed by atoms with Crippen LogP contribution in [0.2, 0.25) is 5.02 Å². The van der Waals surface area contributed by atoms with Gasteiger partial charge in [-0.15, -0.1) is 0 Å². The van der Waals surface area contributed by atoms with Crippen molar-refractivity contribution < 1.29 is 4.74 Å². The summed E-state index contributed by atoms with van der Waals surface area (Å²) in [5, 5.41) is 0.735. The third kappa shape index (κ3) is 5.11. The highest BCUT2D eigenvalue weighted by molar-refractivity contribution is 6.30. The molecule has 0 aliphatic heterocycles. The first-order valence-electron chi connectivity index (χ1n) is 10.9. The fourth-order valence-corrected chi connectivity index (χ4v) is 3.86. The second kappa shape index (κ2) is 9.15. The second-order valence-electron chi connectivity index (χ2n) is 8.91. The van der Waals surface area contributed by atoms with Gasteiger partial charge in [0.15, 0.2) is 0 Å². The van der Waals surface area contributed by atoms with Gasteiger partial charge in [-0.2, -0.15) is 0 Å². The van der Waals surface area contributed by atoms with Crippen molar-refractivity contribution in [2.75, 3.05) is 6.61 Å². The fourth-order valence-electron chi connectivity index (χ4n) is 3.73. The van der Waals surface area contributed by atoms with Gasteiger partial charge in [0, 0.05) is 17.1 Å². The van der Waals surface area contributed by atoms with Crippen LogP contribution in [-0.4, -0.2) is 16.2 Å². The molecule has 0 aliphatic carbocycles. The number of aromatic nitrogens is 2. The number of imidazole rings is 1. The second-order valence-corrected chi connectivity index (χ2v) is 9.35. The number of hydrogen-bond donors (Lipinski definition) is 0. The quantitative estimate of drug-likeness (QED) is 0.282. The molecule has 0 amide bonds. The molecule has 0 unspecified atom stereocenters. The van der Waals surface area contributed by atoms with Crippen molar-refractivity contribution in [3.8, 4) is 17.1 Å². The van der Waals surface area contributed by atoms with Gasteiger partial charge >= 0.3 is 0 Å². The molecule has 3 nitrogen and oxygen atoms in total. The zero-order chi connectivity index (χ0) is 21.8. The van der Waals surface area contributed by atoms with Crippen LogP contribution in [0.15, 0.2) is 72.8 Å². The van der Waals surface area contributed by atoms with Crippen molar-refractivity contribution >= 4 is 22.6 Å². The Bertz CT molecular complexity index is 1140. The van der Waals surface area contributed by atoms with E-state index in [-0.39, 0.29) is 5.41 Å². The summed E-state index contributed by atoms with van der Waals surface area (Å²) >= 11 is 6.08. The summed E-state index contributed by atoms with van der Waals surface area (Å²) in [7, 11) is 0. The van der Waals surface area contributed by atoms with Crippen molar-refractivity contribution in [3.63, 3.8) is 0 Å². The van der Waals surface area contributed by atoms with E-state index in [4.69, 9.17) is 21.3 Å². The van der Waals surface area contributed by atoms with Gasteiger partial charge in [-0.1, -0.05) is 56.6 Å². The normalized spacial score (nSPS) is 11.7. The maximum atomic E-state index is 6.08. The zero-order valence-corrected chi connectivity index (χ0v) is 19.2. The summed E-state index contributed by atoms with van der Waals surface area (Å²) in [6.45, 7) is 8.27.